The molecule has 4 nitrogen and oxygen atoms in total. The van der Waals surface area contributed by atoms with Crippen molar-refractivity contribution < 1.29 is 19.1 Å². The van der Waals surface area contributed by atoms with Crippen LogP contribution in [0.15, 0.2) is 28.7 Å². The smallest absolute Gasteiger partial charge is 0.323 e. The molecule has 6 heteroatoms. The summed E-state index contributed by atoms with van der Waals surface area (Å²) in [6.07, 6.45) is 2.44. The molecule has 0 aliphatic heterocycles. The molecule has 0 aliphatic carbocycles. The molecule has 0 atom stereocenters. The van der Waals surface area contributed by atoms with Crippen molar-refractivity contribution in [3.05, 3.63) is 40.1 Å². The fourth-order valence-electron chi connectivity index (χ4n) is 1.21. The number of aliphatic carboxylic acids is 1. The van der Waals surface area contributed by atoms with Crippen LogP contribution in [-0.4, -0.2) is 35.5 Å². The molecule has 0 aromatic heterocycles. The van der Waals surface area contributed by atoms with Crippen molar-refractivity contribution in [2.75, 3.05) is 13.6 Å². The molecule has 18 heavy (non-hydrogen) atoms. The molecule has 0 saturated carbocycles. The van der Waals surface area contributed by atoms with Gasteiger partial charge in [-0.2, -0.15) is 0 Å². The highest BCUT2D eigenvalue weighted by Crippen LogP contribution is 2.16. The number of carboxylic acid groups (broad SMARTS) is 1. The van der Waals surface area contributed by atoms with Crippen molar-refractivity contribution in [3.8, 4) is 0 Å². The number of halogens is 2. The van der Waals surface area contributed by atoms with E-state index in [4.69, 9.17) is 5.11 Å². The fraction of sp³-hybridized carbons (Fsp3) is 0.167. The molecule has 0 unspecified atom stereocenters. The van der Waals surface area contributed by atoms with E-state index < -0.39 is 24.2 Å². The Labute approximate surface area is 112 Å². The van der Waals surface area contributed by atoms with Crippen molar-refractivity contribution in [3.63, 3.8) is 0 Å². The number of nitrogens with zero attached hydrogens (tertiary/aromatic N) is 1. The van der Waals surface area contributed by atoms with E-state index in [1.54, 1.807) is 6.07 Å². The highest BCUT2D eigenvalue weighted by Gasteiger charge is 2.09. The van der Waals surface area contributed by atoms with Gasteiger partial charge in [-0.05, 0) is 24.3 Å². The maximum absolute atomic E-state index is 13.3. The molecule has 96 valence electrons. The molecule has 0 bridgehead atoms. The Morgan fingerprint density at radius 2 is 2.17 bits per heavy atom. The molecular weight excluding hydrogens is 305 g/mol. The van der Waals surface area contributed by atoms with Gasteiger partial charge in [0.2, 0.25) is 5.91 Å². The number of likely N-dealkylation sites (N-methyl/N-ethyl adjacent to an activating group) is 1. The fourth-order valence-corrected chi connectivity index (χ4v) is 1.59. The molecule has 0 fully saturated rings. The molecule has 0 spiro atoms. The van der Waals surface area contributed by atoms with E-state index in [9.17, 15) is 14.0 Å². The molecule has 0 radical (unpaired) electrons. The summed E-state index contributed by atoms with van der Waals surface area (Å²) in [7, 11) is 1.36. The second-order valence-corrected chi connectivity index (χ2v) is 4.50. The summed E-state index contributed by atoms with van der Waals surface area (Å²) < 4.78 is 14.0. The van der Waals surface area contributed by atoms with Crippen LogP contribution < -0.4 is 0 Å². The van der Waals surface area contributed by atoms with E-state index in [-0.39, 0.29) is 5.56 Å². The number of rotatable bonds is 4. The zero-order valence-corrected chi connectivity index (χ0v) is 11.1. The normalized spacial score (nSPS) is 10.6. The zero-order valence-electron chi connectivity index (χ0n) is 9.56. The molecule has 0 aliphatic rings. The predicted molar refractivity (Wildman–Crippen MR) is 68.4 cm³/mol. The van der Waals surface area contributed by atoms with Crippen molar-refractivity contribution in [1.29, 1.82) is 0 Å². The minimum absolute atomic E-state index is 0.251. The van der Waals surface area contributed by atoms with Gasteiger partial charge in [0.15, 0.2) is 0 Å². The van der Waals surface area contributed by atoms with Crippen molar-refractivity contribution in [2.45, 2.75) is 0 Å². The maximum Gasteiger partial charge on any atom is 0.323 e. The number of carboxylic acids is 1. The van der Waals surface area contributed by atoms with Gasteiger partial charge in [0.1, 0.15) is 12.4 Å². The number of carbonyl (C=O) groups is 2. The molecule has 1 N–H and O–H groups in total. The summed E-state index contributed by atoms with van der Waals surface area (Å²) in [5.74, 6) is -2.06. The summed E-state index contributed by atoms with van der Waals surface area (Å²) >= 11 is 3.19. The minimum Gasteiger partial charge on any atom is -0.480 e. The monoisotopic (exact) mass is 315 g/mol. The number of carbonyl (C=O) groups excluding carboxylic acids is 1. The number of benzene rings is 1. The Kier molecular flexibility index (Phi) is 5.03. The van der Waals surface area contributed by atoms with Crippen molar-refractivity contribution in [2.24, 2.45) is 0 Å². The first-order valence-electron chi connectivity index (χ1n) is 5.00. The quantitative estimate of drug-likeness (QED) is 0.866. The van der Waals surface area contributed by atoms with Crippen LogP contribution in [-0.2, 0) is 9.59 Å². The standard InChI is InChI=1S/C12H11BrFNO3/c1-15(7-12(17)18)11(16)5-2-8-6-9(13)3-4-10(8)14/h2-6H,7H2,1H3,(H,17,18)/b5-2+. The lowest BCUT2D eigenvalue weighted by molar-refractivity contribution is -0.141. The maximum atomic E-state index is 13.3. The first-order valence-corrected chi connectivity index (χ1v) is 5.79. The van der Waals surface area contributed by atoms with Crippen LogP contribution >= 0.6 is 15.9 Å². The SMILES string of the molecule is CN(CC(=O)O)C(=O)/C=C/c1cc(Br)ccc1F. The third-order valence-electron chi connectivity index (χ3n) is 2.11. The molecule has 1 aromatic rings. The first-order chi connectivity index (χ1) is 8.40. The zero-order chi connectivity index (χ0) is 13.7. The van der Waals surface area contributed by atoms with Gasteiger partial charge in [-0.1, -0.05) is 15.9 Å². The summed E-state index contributed by atoms with van der Waals surface area (Å²) in [5, 5.41) is 8.51. The second-order valence-electron chi connectivity index (χ2n) is 3.59. The van der Waals surface area contributed by atoms with Crippen LogP contribution in [0.3, 0.4) is 0 Å². The van der Waals surface area contributed by atoms with Crippen molar-refractivity contribution in [1.82, 2.24) is 4.90 Å². The number of amides is 1. The third-order valence-corrected chi connectivity index (χ3v) is 2.61. The molecule has 1 amide bonds. The second kappa shape index (κ2) is 6.30. The number of hydrogen-bond acceptors (Lipinski definition) is 2. The highest BCUT2D eigenvalue weighted by molar-refractivity contribution is 9.10. The Hall–Kier alpha value is -1.69. The Balaban J connectivity index is 2.77. The molecule has 0 saturated heterocycles. The average molecular weight is 316 g/mol. The van der Waals surface area contributed by atoms with E-state index in [1.165, 1.54) is 25.3 Å². The number of hydrogen-bond donors (Lipinski definition) is 1. The average Bonchev–Trinajstić information content (AvgIpc) is 2.29. The lowest BCUT2D eigenvalue weighted by Crippen LogP contribution is -2.30. The summed E-state index contributed by atoms with van der Waals surface area (Å²) in [6, 6.07) is 4.34. The lowest BCUT2D eigenvalue weighted by Gasteiger charge is -2.11. The van der Waals surface area contributed by atoms with E-state index >= 15 is 0 Å². The molecule has 0 heterocycles. The Morgan fingerprint density at radius 3 is 2.78 bits per heavy atom. The van der Waals surface area contributed by atoms with Gasteiger partial charge in [-0.15, -0.1) is 0 Å². The first kappa shape index (κ1) is 14.4. The van der Waals surface area contributed by atoms with E-state index in [0.717, 1.165) is 11.0 Å². The van der Waals surface area contributed by atoms with E-state index in [0.29, 0.717) is 4.47 Å². The van der Waals surface area contributed by atoms with Crippen LogP contribution in [0, 0.1) is 5.82 Å². The van der Waals surface area contributed by atoms with Crippen LogP contribution in [0.5, 0.6) is 0 Å². The lowest BCUT2D eigenvalue weighted by atomic mass is 10.2. The van der Waals surface area contributed by atoms with E-state index in [2.05, 4.69) is 15.9 Å². The molecular formula is C12H11BrFNO3. The van der Waals surface area contributed by atoms with Gasteiger partial charge in [-0.3, -0.25) is 9.59 Å². The van der Waals surface area contributed by atoms with Gasteiger partial charge in [0, 0.05) is 23.2 Å². The van der Waals surface area contributed by atoms with Gasteiger partial charge in [0.25, 0.3) is 0 Å². The largest absolute Gasteiger partial charge is 0.480 e. The Bertz CT molecular complexity index is 502. The molecule has 1 aromatic carbocycles. The Morgan fingerprint density at radius 1 is 1.50 bits per heavy atom. The van der Waals surface area contributed by atoms with Crippen LogP contribution in [0.25, 0.3) is 6.08 Å². The predicted octanol–water partition coefficient (Wildman–Crippen LogP) is 2.14. The molecule has 1 rings (SSSR count). The van der Waals surface area contributed by atoms with Crippen LogP contribution in [0.2, 0.25) is 0 Å². The topological polar surface area (TPSA) is 57.6 Å². The van der Waals surface area contributed by atoms with Crippen LogP contribution in [0.4, 0.5) is 4.39 Å². The summed E-state index contributed by atoms with van der Waals surface area (Å²) in [5.41, 5.74) is 0.251. The van der Waals surface area contributed by atoms with Gasteiger partial charge in [-0.25, -0.2) is 4.39 Å². The van der Waals surface area contributed by atoms with E-state index in [1.807, 2.05) is 0 Å². The van der Waals surface area contributed by atoms with Gasteiger partial charge in [0.05, 0.1) is 0 Å². The third kappa shape index (κ3) is 4.29. The summed E-state index contributed by atoms with van der Waals surface area (Å²) in [6.45, 7) is -0.399. The highest BCUT2D eigenvalue weighted by atomic mass is 79.9. The minimum atomic E-state index is -1.10. The van der Waals surface area contributed by atoms with Crippen molar-refractivity contribution >= 4 is 33.9 Å². The summed E-state index contributed by atoms with van der Waals surface area (Å²) in [4.78, 5) is 22.9. The van der Waals surface area contributed by atoms with Crippen LogP contribution in [0.1, 0.15) is 5.56 Å². The van der Waals surface area contributed by atoms with Gasteiger partial charge < -0.3 is 10.0 Å². The van der Waals surface area contributed by atoms with Gasteiger partial charge >= 0.3 is 5.97 Å².